The van der Waals surface area contributed by atoms with Crippen molar-refractivity contribution < 1.29 is 8.83 Å². The van der Waals surface area contributed by atoms with E-state index >= 15 is 0 Å². The molecule has 2 aromatic heterocycles. The molecular weight excluding hydrogens is 757 g/mol. The molecule has 0 spiro atoms. The number of rotatable bonds is 6. The molecule has 4 nitrogen and oxygen atoms in total. The quantitative estimate of drug-likeness (QED) is 0.124. The van der Waals surface area contributed by atoms with E-state index in [1.807, 2.05) is 12.1 Å². The van der Waals surface area contributed by atoms with Gasteiger partial charge in [-0.05, 0) is 94.8 Å². The van der Waals surface area contributed by atoms with Gasteiger partial charge in [0.05, 0.1) is 33.5 Å². The molecule has 0 unspecified atom stereocenters. The maximum Gasteiger partial charge on any atom is 0.137 e. The highest BCUT2D eigenvalue weighted by Crippen LogP contribution is 2.54. The van der Waals surface area contributed by atoms with Crippen LogP contribution in [0.4, 0.5) is 34.1 Å². The average molecular weight is 805 g/mol. The summed E-state index contributed by atoms with van der Waals surface area (Å²) in [7, 11) is 0. The lowest BCUT2D eigenvalue weighted by Gasteiger charge is -2.34. The van der Waals surface area contributed by atoms with Crippen LogP contribution in [-0.4, -0.2) is 0 Å². The summed E-state index contributed by atoms with van der Waals surface area (Å²) >= 11 is 0. The molecule has 2 heterocycles. The number of fused-ring (bicyclic) bond motifs is 8. The number of hydrogen-bond donors (Lipinski definition) is 0. The molecule has 0 aliphatic rings. The number of hydrogen-bond acceptors (Lipinski definition) is 4. The second-order valence-electron chi connectivity index (χ2n) is 18.6. The maximum absolute atomic E-state index is 6.57. The Morgan fingerprint density at radius 2 is 0.694 bits per heavy atom. The molecule has 0 saturated carbocycles. The molecule has 302 valence electrons. The van der Waals surface area contributed by atoms with Gasteiger partial charge in [0.1, 0.15) is 22.3 Å². The van der Waals surface area contributed by atoms with Crippen LogP contribution in [0, 0.1) is 0 Å². The van der Waals surface area contributed by atoms with Crippen LogP contribution in [0.2, 0.25) is 0 Å². The van der Waals surface area contributed by atoms with E-state index < -0.39 is 0 Å². The van der Waals surface area contributed by atoms with Crippen LogP contribution in [0.3, 0.4) is 0 Å². The second kappa shape index (κ2) is 14.1. The maximum atomic E-state index is 6.57. The van der Waals surface area contributed by atoms with Crippen molar-refractivity contribution in [3.63, 3.8) is 0 Å². The standard InChI is InChI=1S/C58H48N2O2/c1-57(2,3)37-31-33-41-45(35-37)55(59(39-19-9-7-10-20-39)47-25-17-29-51-53(47)43-23-13-15-27-49(43)61-51)42-34-32-38(58(4,5)6)36-46(42)56(41)60(40-21-11-8-12-22-40)48-26-18-30-52-54(48)44-24-14-16-28-50(44)62-52/h7-36H,1-6H3. The zero-order valence-electron chi connectivity index (χ0n) is 36.0. The molecule has 0 bridgehead atoms. The highest BCUT2D eigenvalue weighted by atomic mass is 16.3. The molecule has 0 atom stereocenters. The molecule has 11 aromatic rings. The molecule has 0 amide bonds. The van der Waals surface area contributed by atoms with E-state index in [4.69, 9.17) is 8.83 Å². The first-order chi connectivity index (χ1) is 30.0. The van der Waals surface area contributed by atoms with Crippen LogP contribution >= 0.6 is 0 Å². The number of furan rings is 2. The van der Waals surface area contributed by atoms with Gasteiger partial charge in [0.15, 0.2) is 0 Å². The third-order valence-corrected chi connectivity index (χ3v) is 12.5. The Bertz CT molecular complexity index is 3260. The van der Waals surface area contributed by atoms with Gasteiger partial charge in [-0.2, -0.15) is 0 Å². The predicted octanol–water partition coefficient (Wildman–Crippen LogP) is 17.3. The SMILES string of the molecule is CC(C)(C)c1ccc2c(N(c3ccccc3)c3cccc4oc5ccccc5c34)c3cc(C(C)(C)C)ccc3c(N(c3ccccc3)c3cccc4oc5ccccc5c34)c2c1. The molecular formula is C58H48N2O2. The first kappa shape index (κ1) is 37.7. The lowest BCUT2D eigenvalue weighted by molar-refractivity contribution is 0.590. The highest BCUT2D eigenvalue weighted by Gasteiger charge is 2.30. The van der Waals surface area contributed by atoms with Gasteiger partial charge in [-0.15, -0.1) is 0 Å². The first-order valence-corrected chi connectivity index (χ1v) is 21.6. The summed E-state index contributed by atoms with van der Waals surface area (Å²) in [5, 5.41) is 8.94. The van der Waals surface area contributed by atoms with Gasteiger partial charge in [-0.1, -0.05) is 151 Å². The van der Waals surface area contributed by atoms with Crippen molar-refractivity contribution in [3.05, 3.63) is 193 Å². The Morgan fingerprint density at radius 1 is 0.323 bits per heavy atom. The van der Waals surface area contributed by atoms with Gasteiger partial charge in [0.25, 0.3) is 0 Å². The van der Waals surface area contributed by atoms with E-state index in [-0.39, 0.29) is 10.8 Å². The van der Waals surface area contributed by atoms with E-state index in [1.165, 1.54) is 11.1 Å². The molecule has 0 aliphatic carbocycles. The number of benzene rings is 9. The summed E-state index contributed by atoms with van der Waals surface area (Å²) in [4.78, 5) is 4.97. The van der Waals surface area contributed by atoms with E-state index in [0.29, 0.717) is 0 Å². The fraction of sp³-hybridized carbons (Fsp3) is 0.138. The lowest BCUT2D eigenvalue weighted by atomic mass is 9.82. The third kappa shape index (κ3) is 6.04. The van der Waals surface area contributed by atoms with Crippen molar-refractivity contribution in [3.8, 4) is 0 Å². The Kier molecular flexibility index (Phi) is 8.59. The van der Waals surface area contributed by atoms with Crippen LogP contribution < -0.4 is 9.80 Å². The summed E-state index contributed by atoms with van der Waals surface area (Å²) < 4.78 is 13.1. The minimum absolute atomic E-state index is 0.116. The van der Waals surface area contributed by atoms with Crippen LogP contribution in [-0.2, 0) is 10.8 Å². The average Bonchev–Trinajstić information content (AvgIpc) is 3.86. The summed E-state index contributed by atoms with van der Waals surface area (Å²) in [5.74, 6) is 0. The fourth-order valence-corrected chi connectivity index (χ4v) is 9.41. The van der Waals surface area contributed by atoms with E-state index in [1.54, 1.807) is 0 Å². The summed E-state index contributed by atoms with van der Waals surface area (Å²) in [6.07, 6.45) is 0. The molecule has 0 radical (unpaired) electrons. The van der Waals surface area contributed by atoms with Gasteiger partial charge in [0.2, 0.25) is 0 Å². The van der Waals surface area contributed by atoms with Crippen molar-refractivity contribution in [1.82, 2.24) is 0 Å². The van der Waals surface area contributed by atoms with E-state index in [9.17, 15) is 0 Å². The summed E-state index contributed by atoms with van der Waals surface area (Å²) in [6, 6.07) is 65.7. The van der Waals surface area contributed by atoms with Crippen molar-refractivity contribution >= 4 is 99.5 Å². The molecule has 0 N–H and O–H groups in total. The minimum atomic E-state index is -0.116. The van der Waals surface area contributed by atoms with Crippen molar-refractivity contribution in [2.45, 2.75) is 52.4 Å². The van der Waals surface area contributed by atoms with Crippen molar-refractivity contribution in [2.24, 2.45) is 0 Å². The summed E-state index contributed by atoms with van der Waals surface area (Å²) in [6.45, 7) is 13.8. The van der Waals surface area contributed by atoms with Gasteiger partial charge in [0, 0.05) is 43.7 Å². The Labute approximate surface area is 362 Å². The Morgan fingerprint density at radius 3 is 1.10 bits per heavy atom. The number of para-hydroxylation sites is 4. The predicted molar refractivity (Wildman–Crippen MR) is 263 cm³/mol. The topological polar surface area (TPSA) is 32.8 Å². The van der Waals surface area contributed by atoms with E-state index in [0.717, 1.165) is 99.5 Å². The molecule has 9 aromatic carbocycles. The van der Waals surface area contributed by atoms with Gasteiger partial charge >= 0.3 is 0 Å². The van der Waals surface area contributed by atoms with E-state index in [2.05, 4.69) is 221 Å². The molecule has 62 heavy (non-hydrogen) atoms. The zero-order chi connectivity index (χ0) is 42.3. The largest absolute Gasteiger partial charge is 0.456 e. The fourth-order valence-electron chi connectivity index (χ4n) is 9.41. The highest BCUT2D eigenvalue weighted by molar-refractivity contribution is 6.26. The summed E-state index contributed by atoms with van der Waals surface area (Å²) in [5.41, 5.74) is 12.2. The number of nitrogens with zero attached hydrogens (tertiary/aromatic N) is 2. The minimum Gasteiger partial charge on any atom is -0.456 e. The van der Waals surface area contributed by atoms with Gasteiger partial charge in [-0.25, -0.2) is 0 Å². The van der Waals surface area contributed by atoms with Gasteiger partial charge in [-0.3, -0.25) is 0 Å². The Hall–Kier alpha value is -7.30. The van der Waals surface area contributed by atoms with Crippen molar-refractivity contribution in [2.75, 3.05) is 9.80 Å². The molecule has 0 saturated heterocycles. The monoisotopic (exact) mass is 804 g/mol. The molecule has 0 fully saturated rings. The van der Waals surface area contributed by atoms with Crippen molar-refractivity contribution in [1.29, 1.82) is 0 Å². The van der Waals surface area contributed by atoms with Gasteiger partial charge < -0.3 is 18.6 Å². The Balaban J connectivity index is 1.36. The van der Waals surface area contributed by atoms with Crippen LogP contribution in [0.25, 0.3) is 65.4 Å². The number of anilines is 6. The first-order valence-electron chi connectivity index (χ1n) is 21.6. The lowest BCUT2D eigenvalue weighted by Crippen LogP contribution is -2.17. The van der Waals surface area contributed by atoms with Crippen LogP contribution in [0.1, 0.15) is 52.7 Å². The zero-order valence-corrected chi connectivity index (χ0v) is 36.0. The third-order valence-electron chi connectivity index (χ3n) is 12.5. The molecule has 11 rings (SSSR count). The molecule has 4 heteroatoms. The second-order valence-corrected chi connectivity index (χ2v) is 18.6. The van der Waals surface area contributed by atoms with Crippen LogP contribution in [0.5, 0.6) is 0 Å². The normalized spacial score (nSPS) is 12.4. The molecule has 0 aliphatic heterocycles. The smallest absolute Gasteiger partial charge is 0.137 e. The van der Waals surface area contributed by atoms with Crippen LogP contribution in [0.15, 0.2) is 191 Å².